The third-order valence-electron chi connectivity index (χ3n) is 2.62. The minimum atomic E-state index is -0.215. The minimum Gasteiger partial charge on any atom is -0.454 e. The Bertz CT molecular complexity index is 540. The van der Waals surface area contributed by atoms with Crippen molar-refractivity contribution in [2.24, 2.45) is 0 Å². The van der Waals surface area contributed by atoms with E-state index in [1.54, 1.807) is 12.1 Å². The molecular formula is C14H16N2O4. The quantitative estimate of drug-likeness (QED) is 0.612. The summed E-state index contributed by atoms with van der Waals surface area (Å²) in [5.41, 5.74) is 0.853. The molecule has 0 aliphatic carbocycles. The van der Waals surface area contributed by atoms with Gasteiger partial charge in [0.25, 0.3) is 0 Å². The number of carbonyl (C=O) groups is 2. The van der Waals surface area contributed by atoms with Gasteiger partial charge in [0.1, 0.15) is 0 Å². The second-order valence-corrected chi connectivity index (χ2v) is 4.22. The van der Waals surface area contributed by atoms with E-state index in [2.05, 4.69) is 10.6 Å². The fraction of sp³-hybridized carbons (Fsp3) is 0.286. The van der Waals surface area contributed by atoms with Crippen LogP contribution in [0.4, 0.5) is 0 Å². The number of carbonyl (C=O) groups excluding carboxylic acids is 2. The standard InChI is InChI=1S/C14H16N2O4/c1-10(17)15-6-7-16-14(18)5-3-11-2-4-12-13(8-11)20-9-19-12/h2-5,8H,6-7,9H2,1H3,(H,15,17)(H,16,18). The molecule has 106 valence electrons. The van der Waals surface area contributed by atoms with Gasteiger partial charge >= 0.3 is 0 Å². The largest absolute Gasteiger partial charge is 0.454 e. The van der Waals surface area contributed by atoms with Gasteiger partial charge in [-0.25, -0.2) is 0 Å². The highest BCUT2D eigenvalue weighted by Crippen LogP contribution is 2.32. The SMILES string of the molecule is CC(=O)NCCNC(=O)C=Cc1ccc2c(c1)OCO2. The Labute approximate surface area is 116 Å². The minimum absolute atomic E-state index is 0.116. The fourth-order valence-electron chi connectivity index (χ4n) is 1.67. The van der Waals surface area contributed by atoms with Crippen LogP contribution in [0.3, 0.4) is 0 Å². The third kappa shape index (κ3) is 4.01. The first-order valence-electron chi connectivity index (χ1n) is 6.25. The van der Waals surface area contributed by atoms with E-state index >= 15 is 0 Å². The molecule has 1 aromatic carbocycles. The second kappa shape index (κ2) is 6.60. The van der Waals surface area contributed by atoms with Gasteiger partial charge in [0.2, 0.25) is 18.6 Å². The van der Waals surface area contributed by atoms with Crippen LogP contribution in [-0.4, -0.2) is 31.7 Å². The normalized spacial score (nSPS) is 12.4. The van der Waals surface area contributed by atoms with Crippen LogP contribution in [0.25, 0.3) is 6.08 Å². The Morgan fingerprint density at radius 2 is 1.95 bits per heavy atom. The molecule has 6 heteroatoms. The summed E-state index contributed by atoms with van der Waals surface area (Å²) in [7, 11) is 0. The van der Waals surface area contributed by atoms with Gasteiger partial charge in [-0.1, -0.05) is 6.07 Å². The summed E-state index contributed by atoms with van der Waals surface area (Å²) in [5.74, 6) is 1.06. The molecule has 2 amide bonds. The number of amides is 2. The lowest BCUT2D eigenvalue weighted by Crippen LogP contribution is -2.32. The molecule has 2 N–H and O–H groups in total. The smallest absolute Gasteiger partial charge is 0.244 e. The lowest BCUT2D eigenvalue weighted by atomic mass is 10.2. The molecule has 0 unspecified atom stereocenters. The molecule has 0 saturated heterocycles. The highest BCUT2D eigenvalue weighted by molar-refractivity contribution is 5.91. The molecule has 1 aliphatic heterocycles. The average Bonchev–Trinajstić information content (AvgIpc) is 2.88. The number of rotatable bonds is 5. The number of nitrogens with one attached hydrogen (secondary N) is 2. The van der Waals surface area contributed by atoms with Gasteiger partial charge in [-0.2, -0.15) is 0 Å². The second-order valence-electron chi connectivity index (χ2n) is 4.22. The van der Waals surface area contributed by atoms with E-state index in [1.807, 2.05) is 12.1 Å². The topological polar surface area (TPSA) is 76.7 Å². The highest BCUT2D eigenvalue weighted by Gasteiger charge is 2.12. The molecule has 0 aromatic heterocycles. The van der Waals surface area contributed by atoms with Gasteiger partial charge in [-0.3, -0.25) is 9.59 Å². The summed E-state index contributed by atoms with van der Waals surface area (Å²) in [6.07, 6.45) is 3.13. The van der Waals surface area contributed by atoms with Crippen LogP contribution in [0.2, 0.25) is 0 Å². The van der Waals surface area contributed by atoms with E-state index in [1.165, 1.54) is 13.0 Å². The van der Waals surface area contributed by atoms with E-state index in [-0.39, 0.29) is 18.6 Å². The van der Waals surface area contributed by atoms with Gasteiger partial charge in [0.05, 0.1) is 0 Å². The van der Waals surface area contributed by atoms with Crippen molar-refractivity contribution in [2.75, 3.05) is 19.9 Å². The van der Waals surface area contributed by atoms with E-state index < -0.39 is 0 Å². The van der Waals surface area contributed by atoms with Crippen LogP contribution in [0, 0.1) is 0 Å². The maximum absolute atomic E-state index is 11.5. The van der Waals surface area contributed by atoms with Crippen molar-refractivity contribution in [3.05, 3.63) is 29.8 Å². The lowest BCUT2D eigenvalue weighted by molar-refractivity contribution is -0.119. The molecule has 2 rings (SSSR count). The molecule has 0 radical (unpaired) electrons. The lowest BCUT2D eigenvalue weighted by Gasteiger charge is -2.02. The molecule has 0 bridgehead atoms. The first-order valence-corrected chi connectivity index (χ1v) is 6.25. The van der Waals surface area contributed by atoms with Crippen LogP contribution in [0.1, 0.15) is 12.5 Å². The van der Waals surface area contributed by atoms with Crippen molar-refractivity contribution in [3.8, 4) is 11.5 Å². The van der Waals surface area contributed by atoms with Crippen LogP contribution in [-0.2, 0) is 9.59 Å². The Morgan fingerprint density at radius 1 is 1.20 bits per heavy atom. The van der Waals surface area contributed by atoms with Crippen molar-refractivity contribution < 1.29 is 19.1 Å². The summed E-state index contributed by atoms with van der Waals surface area (Å²) in [5, 5.41) is 5.26. The summed E-state index contributed by atoms with van der Waals surface area (Å²) in [4.78, 5) is 22.2. The van der Waals surface area contributed by atoms with Gasteiger partial charge < -0.3 is 20.1 Å². The van der Waals surface area contributed by atoms with E-state index in [0.29, 0.717) is 24.6 Å². The maximum atomic E-state index is 11.5. The molecule has 1 heterocycles. The predicted molar refractivity (Wildman–Crippen MR) is 73.3 cm³/mol. The highest BCUT2D eigenvalue weighted by atomic mass is 16.7. The molecular weight excluding hydrogens is 260 g/mol. The molecule has 1 aliphatic rings. The number of hydrogen-bond donors (Lipinski definition) is 2. The van der Waals surface area contributed by atoms with Crippen LogP contribution in [0.15, 0.2) is 24.3 Å². The molecule has 1 aromatic rings. The first-order chi connectivity index (χ1) is 9.65. The fourth-order valence-corrected chi connectivity index (χ4v) is 1.67. The molecule has 0 spiro atoms. The Morgan fingerprint density at radius 3 is 2.75 bits per heavy atom. The van der Waals surface area contributed by atoms with Crippen molar-refractivity contribution in [1.82, 2.24) is 10.6 Å². The number of ether oxygens (including phenoxy) is 2. The molecule has 0 fully saturated rings. The Hall–Kier alpha value is -2.50. The zero-order valence-corrected chi connectivity index (χ0v) is 11.1. The summed E-state index contributed by atoms with van der Waals surface area (Å²) in [6, 6.07) is 5.45. The molecule has 6 nitrogen and oxygen atoms in total. The van der Waals surface area contributed by atoms with Gasteiger partial charge in [0, 0.05) is 26.1 Å². The summed E-state index contributed by atoms with van der Waals surface area (Å²) in [6.45, 7) is 2.47. The number of benzene rings is 1. The van der Waals surface area contributed by atoms with Gasteiger partial charge in [-0.05, 0) is 23.8 Å². The first kappa shape index (κ1) is 13.9. The predicted octanol–water partition coefficient (Wildman–Crippen LogP) is 0.681. The molecule has 20 heavy (non-hydrogen) atoms. The van der Waals surface area contributed by atoms with Crippen LogP contribution < -0.4 is 20.1 Å². The van der Waals surface area contributed by atoms with Crippen LogP contribution >= 0.6 is 0 Å². The summed E-state index contributed by atoms with van der Waals surface area (Å²) < 4.78 is 10.5. The van der Waals surface area contributed by atoms with Crippen molar-refractivity contribution in [1.29, 1.82) is 0 Å². The average molecular weight is 276 g/mol. The maximum Gasteiger partial charge on any atom is 0.244 e. The van der Waals surface area contributed by atoms with Crippen LogP contribution in [0.5, 0.6) is 11.5 Å². The number of hydrogen-bond acceptors (Lipinski definition) is 4. The molecule has 0 saturated carbocycles. The Balaban J connectivity index is 1.80. The monoisotopic (exact) mass is 276 g/mol. The van der Waals surface area contributed by atoms with E-state index in [9.17, 15) is 9.59 Å². The van der Waals surface area contributed by atoms with Gasteiger partial charge in [-0.15, -0.1) is 0 Å². The summed E-state index contributed by atoms with van der Waals surface area (Å²) >= 11 is 0. The third-order valence-corrected chi connectivity index (χ3v) is 2.62. The van der Waals surface area contributed by atoms with Gasteiger partial charge in [0.15, 0.2) is 11.5 Å². The van der Waals surface area contributed by atoms with E-state index in [0.717, 1.165) is 5.56 Å². The number of fused-ring (bicyclic) bond motifs is 1. The molecule has 0 atom stereocenters. The van der Waals surface area contributed by atoms with Crippen molar-refractivity contribution >= 4 is 17.9 Å². The van der Waals surface area contributed by atoms with E-state index in [4.69, 9.17) is 9.47 Å². The zero-order valence-electron chi connectivity index (χ0n) is 11.1. The zero-order chi connectivity index (χ0) is 14.4. The van der Waals surface area contributed by atoms with Crippen molar-refractivity contribution in [2.45, 2.75) is 6.92 Å². The Kier molecular flexibility index (Phi) is 4.60. The van der Waals surface area contributed by atoms with Crippen molar-refractivity contribution in [3.63, 3.8) is 0 Å².